The highest BCUT2D eigenvalue weighted by Crippen LogP contribution is 2.42. The molecule has 2 saturated heterocycles. The fraction of sp³-hybridized carbons (Fsp3) is 0.900. The molecule has 1 aliphatic carbocycles. The van der Waals surface area contributed by atoms with Gasteiger partial charge in [0, 0.05) is 56.2 Å². The molecular formula is C20H37IN4OS. The Bertz CT molecular complexity index is 505. The number of hydrogen-bond donors (Lipinski definition) is 1. The van der Waals surface area contributed by atoms with Gasteiger partial charge in [0.2, 0.25) is 5.91 Å². The van der Waals surface area contributed by atoms with Gasteiger partial charge < -0.3 is 15.1 Å². The number of nitrogens with zero attached hydrogens (tertiary/aromatic N) is 3. The Morgan fingerprint density at radius 2 is 2.04 bits per heavy atom. The lowest BCUT2D eigenvalue weighted by molar-refractivity contribution is -0.129. The van der Waals surface area contributed by atoms with Gasteiger partial charge >= 0.3 is 0 Å². The first-order chi connectivity index (χ1) is 12.7. The molecule has 0 aromatic carbocycles. The van der Waals surface area contributed by atoms with Crippen LogP contribution in [0.2, 0.25) is 0 Å². The summed E-state index contributed by atoms with van der Waals surface area (Å²) in [5.41, 5.74) is 0. The number of nitrogens with one attached hydrogen (secondary N) is 1. The molecule has 5 nitrogen and oxygen atoms in total. The van der Waals surface area contributed by atoms with Crippen molar-refractivity contribution in [2.45, 2.75) is 75.5 Å². The van der Waals surface area contributed by atoms with E-state index in [2.05, 4.69) is 38.8 Å². The maximum absolute atomic E-state index is 12.0. The topological polar surface area (TPSA) is 47.9 Å². The van der Waals surface area contributed by atoms with Crippen LogP contribution in [0.3, 0.4) is 0 Å². The molecule has 1 saturated carbocycles. The van der Waals surface area contributed by atoms with E-state index in [1.807, 2.05) is 7.05 Å². The summed E-state index contributed by atoms with van der Waals surface area (Å²) in [6.07, 6.45) is 10.7. The quantitative estimate of drug-likeness (QED) is 0.350. The fourth-order valence-electron chi connectivity index (χ4n) is 4.84. The Hall–Kier alpha value is -0.180. The number of guanidine groups is 1. The van der Waals surface area contributed by atoms with Crippen LogP contribution in [0.15, 0.2) is 4.99 Å². The molecule has 1 atom stereocenters. The van der Waals surface area contributed by atoms with Gasteiger partial charge in [0.15, 0.2) is 5.96 Å². The number of amides is 1. The predicted octanol–water partition coefficient (Wildman–Crippen LogP) is 3.72. The molecule has 0 aromatic heterocycles. The van der Waals surface area contributed by atoms with E-state index in [9.17, 15) is 4.79 Å². The average molecular weight is 509 g/mol. The number of thioether (sulfide) groups is 1. The molecule has 1 spiro atoms. The van der Waals surface area contributed by atoms with Gasteiger partial charge in [-0.3, -0.25) is 9.79 Å². The summed E-state index contributed by atoms with van der Waals surface area (Å²) in [4.78, 5) is 21.2. The van der Waals surface area contributed by atoms with Crippen LogP contribution in [0.4, 0.5) is 0 Å². The van der Waals surface area contributed by atoms with E-state index >= 15 is 0 Å². The van der Waals surface area contributed by atoms with Crippen LogP contribution >= 0.6 is 35.7 Å². The molecule has 7 heteroatoms. The number of likely N-dealkylation sites (tertiary alicyclic amines) is 1. The molecule has 3 fully saturated rings. The largest absolute Gasteiger partial charge is 0.356 e. The second-order valence-electron chi connectivity index (χ2n) is 8.03. The summed E-state index contributed by atoms with van der Waals surface area (Å²) in [5, 5.41) is 3.59. The SMILES string of the molecule is CCC(CCNC(=NC)N1CCSC2(CCCCC2)C1)N1CCCC1=O.I. The lowest BCUT2D eigenvalue weighted by Crippen LogP contribution is -2.53. The Balaban J connectivity index is 0.00000261. The van der Waals surface area contributed by atoms with Gasteiger partial charge in [0.1, 0.15) is 0 Å². The first kappa shape index (κ1) is 23.1. The minimum absolute atomic E-state index is 0. The monoisotopic (exact) mass is 508 g/mol. The van der Waals surface area contributed by atoms with Gasteiger partial charge in [-0.15, -0.1) is 24.0 Å². The zero-order chi connectivity index (χ0) is 18.4. The first-order valence-corrected chi connectivity index (χ1v) is 11.5. The number of rotatable bonds is 5. The van der Waals surface area contributed by atoms with Crippen LogP contribution in [-0.2, 0) is 4.79 Å². The Labute approximate surface area is 186 Å². The molecule has 27 heavy (non-hydrogen) atoms. The van der Waals surface area contributed by atoms with Crippen molar-refractivity contribution >= 4 is 47.6 Å². The van der Waals surface area contributed by atoms with Crippen LogP contribution < -0.4 is 5.32 Å². The van der Waals surface area contributed by atoms with Crippen molar-refractivity contribution in [1.29, 1.82) is 0 Å². The van der Waals surface area contributed by atoms with Crippen LogP contribution in [0.1, 0.15) is 64.7 Å². The second kappa shape index (κ2) is 11.1. The highest BCUT2D eigenvalue weighted by Gasteiger charge is 2.38. The summed E-state index contributed by atoms with van der Waals surface area (Å²) in [6, 6.07) is 0.372. The van der Waals surface area contributed by atoms with Gasteiger partial charge in [0.05, 0.1) is 0 Å². The molecular weight excluding hydrogens is 471 g/mol. The lowest BCUT2D eigenvalue weighted by Gasteiger charge is -2.45. The van der Waals surface area contributed by atoms with Crippen molar-refractivity contribution in [3.63, 3.8) is 0 Å². The van der Waals surface area contributed by atoms with Gasteiger partial charge in [0.25, 0.3) is 0 Å². The number of hydrogen-bond acceptors (Lipinski definition) is 3. The first-order valence-electron chi connectivity index (χ1n) is 10.6. The lowest BCUT2D eigenvalue weighted by atomic mass is 9.87. The maximum atomic E-state index is 12.0. The number of aliphatic imine (C=N–C) groups is 1. The van der Waals surface area contributed by atoms with E-state index in [0.29, 0.717) is 16.7 Å². The summed E-state index contributed by atoms with van der Waals surface area (Å²) >= 11 is 2.20. The third-order valence-corrected chi connectivity index (χ3v) is 7.84. The van der Waals surface area contributed by atoms with E-state index in [4.69, 9.17) is 0 Å². The van der Waals surface area contributed by atoms with E-state index in [1.54, 1.807) is 0 Å². The number of halogens is 1. The van der Waals surface area contributed by atoms with Crippen LogP contribution in [0.5, 0.6) is 0 Å². The van der Waals surface area contributed by atoms with Crippen LogP contribution in [0, 0.1) is 0 Å². The highest BCUT2D eigenvalue weighted by molar-refractivity contribution is 14.0. The molecule has 2 aliphatic heterocycles. The third-order valence-electron chi connectivity index (χ3n) is 6.31. The molecule has 0 bridgehead atoms. The minimum Gasteiger partial charge on any atom is -0.356 e. The Kier molecular flexibility index (Phi) is 9.52. The maximum Gasteiger partial charge on any atom is 0.222 e. The zero-order valence-electron chi connectivity index (χ0n) is 17.0. The normalized spacial score (nSPS) is 24.1. The highest BCUT2D eigenvalue weighted by atomic mass is 127. The molecule has 2 heterocycles. The summed E-state index contributed by atoms with van der Waals surface area (Å²) in [6.45, 7) is 6.26. The van der Waals surface area contributed by atoms with E-state index in [1.165, 1.54) is 37.9 Å². The van der Waals surface area contributed by atoms with Crippen molar-refractivity contribution in [1.82, 2.24) is 15.1 Å². The van der Waals surface area contributed by atoms with E-state index in [0.717, 1.165) is 57.8 Å². The Morgan fingerprint density at radius 3 is 2.67 bits per heavy atom. The standard InChI is InChI=1S/C20H36N4OS.HI/c1-3-17(24-13-7-8-18(24)25)9-12-22-19(21-2)23-14-15-26-20(16-23)10-5-4-6-11-20;/h17H,3-16H2,1-2H3,(H,21,22);1H. The minimum atomic E-state index is 0. The fourth-order valence-corrected chi connectivity index (χ4v) is 6.41. The summed E-state index contributed by atoms with van der Waals surface area (Å²) in [5.74, 6) is 2.60. The van der Waals surface area contributed by atoms with Gasteiger partial charge in [-0.1, -0.05) is 26.2 Å². The molecule has 0 radical (unpaired) electrons. The molecule has 1 N–H and O–H groups in total. The van der Waals surface area contributed by atoms with Crippen molar-refractivity contribution in [2.75, 3.05) is 39.0 Å². The van der Waals surface area contributed by atoms with Gasteiger partial charge in [-0.25, -0.2) is 0 Å². The number of carbonyl (C=O) groups is 1. The Morgan fingerprint density at radius 1 is 1.26 bits per heavy atom. The smallest absolute Gasteiger partial charge is 0.222 e. The van der Waals surface area contributed by atoms with Gasteiger partial charge in [-0.2, -0.15) is 11.8 Å². The second-order valence-corrected chi connectivity index (χ2v) is 9.59. The predicted molar refractivity (Wildman–Crippen MR) is 126 cm³/mol. The third kappa shape index (κ3) is 5.90. The molecule has 156 valence electrons. The van der Waals surface area contributed by atoms with Crippen LogP contribution in [-0.4, -0.2) is 71.4 Å². The molecule has 3 aliphatic rings. The van der Waals surface area contributed by atoms with Crippen molar-refractivity contribution in [2.24, 2.45) is 4.99 Å². The molecule has 1 unspecified atom stereocenters. The molecule has 0 aromatic rings. The summed E-state index contributed by atoms with van der Waals surface area (Å²) in [7, 11) is 1.90. The van der Waals surface area contributed by atoms with E-state index in [-0.39, 0.29) is 24.0 Å². The average Bonchev–Trinajstić information content (AvgIpc) is 3.08. The van der Waals surface area contributed by atoms with Crippen molar-refractivity contribution in [3.8, 4) is 0 Å². The van der Waals surface area contributed by atoms with Crippen molar-refractivity contribution < 1.29 is 4.79 Å². The molecule has 3 rings (SSSR count). The zero-order valence-corrected chi connectivity index (χ0v) is 20.2. The molecule has 1 amide bonds. The summed E-state index contributed by atoms with van der Waals surface area (Å²) < 4.78 is 0.460. The van der Waals surface area contributed by atoms with Gasteiger partial charge in [-0.05, 0) is 32.1 Å². The van der Waals surface area contributed by atoms with E-state index < -0.39 is 0 Å². The van der Waals surface area contributed by atoms with Crippen molar-refractivity contribution in [3.05, 3.63) is 0 Å². The number of carbonyl (C=O) groups excluding carboxylic acids is 1. The van der Waals surface area contributed by atoms with Crippen LogP contribution in [0.25, 0.3) is 0 Å².